The van der Waals surface area contributed by atoms with Gasteiger partial charge in [0.25, 0.3) is 0 Å². The molecule has 0 saturated carbocycles. The molecule has 1 aliphatic heterocycles. The number of hydrogen-bond acceptors (Lipinski definition) is 5. The van der Waals surface area contributed by atoms with Gasteiger partial charge in [0, 0.05) is 24.6 Å². The molecular weight excluding hydrogens is 294 g/mol. The fourth-order valence-corrected chi connectivity index (χ4v) is 2.69. The molecule has 0 bridgehead atoms. The number of furan rings is 1. The fourth-order valence-electron chi connectivity index (χ4n) is 2.69. The maximum atomic E-state index is 10.1. The van der Waals surface area contributed by atoms with E-state index in [0.29, 0.717) is 31.9 Å². The first kappa shape index (κ1) is 15.9. The van der Waals surface area contributed by atoms with Gasteiger partial charge in [0.1, 0.15) is 11.9 Å². The molecule has 3 rings (SSSR count). The van der Waals surface area contributed by atoms with Crippen LogP contribution in [0.3, 0.4) is 0 Å². The fraction of sp³-hybridized carbons (Fsp3) is 0.444. The van der Waals surface area contributed by atoms with E-state index in [2.05, 4.69) is 5.32 Å². The molecule has 1 aliphatic rings. The van der Waals surface area contributed by atoms with Gasteiger partial charge in [0.05, 0.1) is 19.5 Å². The third-order valence-corrected chi connectivity index (χ3v) is 3.94. The smallest absolute Gasteiger partial charge is 0.165 e. The Kier molecular flexibility index (Phi) is 5.20. The molecule has 2 unspecified atom stereocenters. The van der Waals surface area contributed by atoms with Gasteiger partial charge in [-0.05, 0) is 31.5 Å². The Hall–Kier alpha value is -1.98. The van der Waals surface area contributed by atoms with Crippen molar-refractivity contribution in [2.24, 2.45) is 0 Å². The third kappa shape index (κ3) is 4.06. The lowest BCUT2D eigenvalue weighted by Crippen LogP contribution is -2.27. The molecule has 5 heteroatoms. The minimum atomic E-state index is -0.597. The third-order valence-electron chi connectivity index (χ3n) is 3.94. The van der Waals surface area contributed by atoms with Crippen molar-refractivity contribution in [2.75, 3.05) is 13.2 Å². The van der Waals surface area contributed by atoms with Crippen molar-refractivity contribution >= 4 is 0 Å². The molecule has 5 nitrogen and oxygen atoms in total. The molecule has 2 heterocycles. The number of rotatable bonds is 6. The zero-order valence-corrected chi connectivity index (χ0v) is 13.3. The average Bonchev–Trinajstić information content (AvgIpc) is 2.98. The van der Waals surface area contributed by atoms with Crippen LogP contribution in [0.1, 0.15) is 37.2 Å². The number of nitrogens with one attached hydrogen (secondary N) is 1. The highest BCUT2D eigenvalue weighted by Gasteiger charge is 2.17. The van der Waals surface area contributed by atoms with Crippen LogP contribution < -0.4 is 14.8 Å². The summed E-state index contributed by atoms with van der Waals surface area (Å²) in [7, 11) is 0. The van der Waals surface area contributed by atoms with Crippen molar-refractivity contribution < 1.29 is 19.0 Å². The monoisotopic (exact) mass is 317 g/mol. The van der Waals surface area contributed by atoms with E-state index in [1.807, 2.05) is 25.1 Å². The van der Waals surface area contributed by atoms with Crippen LogP contribution in [0, 0.1) is 0 Å². The predicted octanol–water partition coefficient (Wildman–Crippen LogP) is 3.04. The summed E-state index contributed by atoms with van der Waals surface area (Å²) in [5.74, 6) is 2.24. The lowest BCUT2D eigenvalue weighted by Gasteiger charge is -2.18. The Morgan fingerprint density at radius 3 is 2.87 bits per heavy atom. The van der Waals surface area contributed by atoms with Gasteiger partial charge in [0.15, 0.2) is 11.5 Å². The first-order valence-electron chi connectivity index (χ1n) is 8.06. The van der Waals surface area contributed by atoms with E-state index in [-0.39, 0.29) is 6.04 Å². The van der Waals surface area contributed by atoms with E-state index in [1.165, 1.54) is 0 Å². The van der Waals surface area contributed by atoms with Gasteiger partial charge in [-0.15, -0.1) is 0 Å². The predicted molar refractivity (Wildman–Crippen MR) is 86.6 cm³/mol. The van der Waals surface area contributed by atoms with E-state index in [9.17, 15) is 5.11 Å². The number of fused-ring (bicyclic) bond motifs is 1. The minimum Gasteiger partial charge on any atom is -0.490 e. The largest absolute Gasteiger partial charge is 0.490 e. The Balaban J connectivity index is 1.58. The normalized spacial score (nSPS) is 16.6. The van der Waals surface area contributed by atoms with Crippen LogP contribution in [0.15, 0.2) is 41.0 Å². The van der Waals surface area contributed by atoms with Gasteiger partial charge in [0.2, 0.25) is 0 Å². The van der Waals surface area contributed by atoms with E-state index < -0.39 is 6.10 Å². The maximum absolute atomic E-state index is 10.1. The lowest BCUT2D eigenvalue weighted by molar-refractivity contribution is 0.128. The minimum absolute atomic E-state index is 0.137. The molecule has 23 heavy (non-hydrogen) atoms. The van der Waals surface area contributed by atoms with Crippen molar-refractivity contribution in [3.8, 4) is 11.5 Å². The van der Waals surface area contributed by atoms with Gasteiger partial charge in [-0.25, -0.2) is 0 Å². The summed E-state index contributed by atoms with van der Waals surface area (Å²) in [6, 6.07) is 9.67. The van der Waals surface area contributed by atoms with E-state index in [1.54, 1.807) is 18.4 Å². The zero-order valence-electron chi connectivity index (χ0n) is 13.3. The van der Waals surface area contributed by atoms with E-state index in [4.69, 9.17) is 13.9 Å². The number of benzene rings is 1. The van der Waals surface area contributed by atoms with E-state index in [0.717, 1.165) is 23.5 Å². The highest BCUT2D eigenvalue weighted by molar-refractivity contribution is 5.47. The van der Waals surface area contributed by atoms with Crippen LogP contribution in [-0.4, -0.2) is 24.4 Å². The number of hydrogen-bond donors (Lipinski definition) is 2. The first-order valence-corrected chi connectivity index (χ1v) is 8.06. The Labute approximate surface area is 136 Å². The second-order valence-corrected chi connectivity index (χ2v) is 5.84. The zero-order chi connectivity index (χ0) is 16.1. The van der Waals surface area contributed by atoms with Gasteiger partial charge < -0.3 is 24.3 Å². The van der Waals surface area contributed by atoms with Crippen LogP contribution in [-0.2, 0) is 6.54 Å². The first-order chi connectivity index (χ1) is 11.2. The highest BCUT2D eigenvalue weighted by atomic mass is 16.5. The van der Waals surface area contributed by atoms with Crippen molar-refractivity contribution in [1.29, 1.82) is 0 Å². The van der Waals surface area contributed by atoms with Crippen molar-refractivity contribution in [3.05, 3.63) is 47.9 Å². The molecule has 2 aromatic rings. The summed E-state index contributed by atoms with van der Waals surface area (Å²) in [6.07, 6.45) is 2.46. The van der Waals surface area contributed by atoms with Gasteiger partial charge >= 0.3 is 0 Å². The molecule has 0 aliphatic carbocycles. The maximum Gasteiger partial charge on any atom is 0.165 e. The van der Waals surface area contributed by atoms with Crippen LogP contribution in [0.5, 0.6) is 11.5 Å². The number of aliphatic hydroxyl groups is 1. The molecule has 0 amide bonds. The molecule has 2 N–H and O–H groups in total. The second-order valence-electron chi connectivity index (χ2n) is 5.84. The summed E-state index contributed by atoms with van der Waals surface area (Å²) >= 11 is 0. The van der Waals surface area contributed by atoms with Crippen LogP contribution in [0.25, 0.3) is 0 Å². The molecule has 124 valence electrons. The summed E-state index contributed by atoms with van der Waals surface area (Å²) in [5.41, 5.74) is 1.07. The SMILES string of the molecule is CC(CC(O)c1ccco1)NCc1cccc2c1OCCCO2. The van der Waals surface area contributed by atoms with Crippen LogP contribution >= 0.6 is 0 Å². The van der Waals surface area contributed by atoms with Crippen molar-refractivity contribution in [2.45, 2.75) is 38.5 Å². The topological polar surface area (TPSA) is 63.9 Å². The molecule has 1 aromatic heterocycles. The quantitative estimate of drug-likeness (QED) is 0.857. The standard InChI is InChI=1S/C18H23NO4/c1-13(11-15(20)16-7-3-8-21-16)19-12-14-5-2-6-17-18(14)23-10-4-9-22-17/h2-3,5-8,13,15,19-20H,4,9-12H2,1H3. The van der Waals surface area contributed by atoms with Gasteiger partial charge in [-0.3, -0.25) is 0 Å². The second kappa shape index (κ2) is 7.53. The average molecular weight is 317 g/mol. The molecule has 2 atom stereocenters. The lowest BCUT2D eigenvalue weighted by atomic mass is 10.1. The molecule has 0 spiro atoms. The molecule has 0 fully saturated rings. The van der Waals surface area contributed by atoms with Gasteiger partial charge in [-0.1, -0.05) is 12.1 Å². The highest BCUT2D eigenvalue weighted by Crippen LogP contribution is 2.33. The Morgan fingerprint density at radius 2 is 2.04 bits per heavy atom. The molecule has 0 radical (unpaired) electrons. The summed E-state index contributed by atoms with van der Waals surface area (Å²) in [5, 5.41) is 13.6. The van der Waals surface area contributed by atoms with Gasteiger partial charge in [-0.2, -0.15) is 0 Å². The Morgan fingerprint density at radius 1 is 1.17 bits per heavy atom. The summed E-state index contributed by atoms with van der Waals surface area (Å²) < 4.78 is 16.8. The Bertz CT molecular complexity index is 611. The molecular formula is C18H23NO4. The van der Waals surface area contributed by atoms with Crippen molar-refractivity contribution in [1.82, 2.24) is 5.32 Å². The molecule has 0 saturated heterocycles. The van der Waals surface area contributed by atoms with Crippen LogP contribution in [0.2, 0.25) is 0 Å². The molecule has 1 aromatic carbocycles. The van der Waals surface area contributed by atoms with Crippen molar-refractivity contribution in [3.63, 3.8) is 0 Å². The van der Waals surface area contributed by atoms with Crippen LogP contribution in [0.4, 0.5) is 0 Å². The van der Waals surface area contributed by atoms with E-state index >= 15 is 0 Å². The summed E-state index contributed by atoms with van der Waals surface area (Å²) in [4.78, 5) is 0. The number of para-hydroxylation sites is 1. The number of ether oxygens (including phenoxy) is 2. The summed E-state index contributed by atoms with van der Waals surface area (Å²) in [6.45, 7) is 4.08. The number of aliphatic hydroxyl groups excluding tert-OH is 1.